The first-order chi connectivity index (χ1) is 19.9. The molecular formula is C25H34BNO2. The Morgan fingerprint density at radius 1 is 1.00 bits per heavy atom. The van der Waals surface area contributed by atoms with E-state index < -0.39 is 80.4 Å². The lowest BCUT2D eigenvalue weighted by molar-refractivity contribution is 0.00578. The van der Waals surface area contributed by atoms with Gasteiger partial charge in [-0.05, 0) is 67.7 Å². The number of pyridine rings is 1. The van der Waals surface area contributed by atoms with E-state index in [0.717, 1.165) is 12.1 Å². The lowest BCUT2D eigenvalue weighted by Crippen LogP contribution is -2.41. The molecule has 1 aromatic carbocycles. The zero-order chi connectivity index (χ0) is 34.8. The highest BCUT2D eigenvalue weighted by Gasteiger charge is 2.52. The molecule has 3 nitrogen and oxygen atoms in total. The average Bonchev–Trinajstić information content (AvgIpc) is 3.20. The highest BCUT2D eigenvalue weighted by molar-refractivity contribution is 6.62. The quantitative estimate of drug-likeness (QED) is 0.619. The maximum Gasteiger partial charge on any atom is 0.496 e. The Balaban J connectivity index is 2.07. The van der Waals surface area contributed by atoms with Gasteiger partial charge in [-0.3, -0.25) is 4.98 Å². The van der Waals surface area contributed by atoms with E-state index in [1.54, 1.807) is 6.07 Å². The fraction of sp³-hybridized carbons (Fsp3) is 0.560. The van der Waals surface area contributed by atoms with Gasteiger partial charge in [-0.2, -0.15) is 0 Å². The smallest absolute Gasteiger partial charge is 0.399 e. The molecule has 1 aliphatic heterocycles. The van der Waals surface area contributed by atoms with Crippen molar-refractivity contribution >= 4 is 12.6 Å². The zero-order valence-corrected chi connectivity index (χ0v) is 16.8. The summed E-state index contributed by atoms with van der Waals surface area (Å²) in [6, 6.07) is 6.19. The van der Waals surface area contributed by atoms with E-state index in [0.29, 0.717) is 5.46 Å². The minimum absolute atomic E-state index is 0.0620. The summed E-state index contributed by atoms with van der Waals surface area (Å²) in [6.45, 7) is -12.5. The van der Waals surface area contributed by atoms with Crippen LogP contribution in [0.3, 0.4) is 0 Å². The molecule has 0 spiro atoms. The van der Waals surface area contributed by atoms with Crippen molar-refractivity contribution in [3.05, 3.63) is 47.7 Å². The van der Waals surface area contributed by atoms with Gasteiger partial charge in [0.1, 0.15) is 0 Å². The van der Waals surface area contributed by atoms with Gasteiger partial charge >= 0.3 is 7.12 Å². The third kappa shape index (κ3) is 2.91. The first kappa shape index (κ1) is 8.84. The van der Waals surface area contributed by atoms with Crippen molar-refractivity contribution in [1.82, 2.24) is 4.98 Å². The second-order valence-electron chi connectivity index (χ2n) is 8.70. The van der Waals surface area contributed by atoms with Crippen LogP contribution in [-0.4, -0.2) is 23.3 Å². The Morgan fingerprint density at radius 3 is 2.28 bits per heavy atom. The summed E-state index contributed by atoms with van der Waals surface area (Å²) in [5.74, 6) is -3.77. The number of benzene rings is 1. The van der Waals surface area contributed by atoms with Gasteiger partial charge in [0.15, 0.2) is 0 Å². The van der Waals surface area contributed by atoms with Crippen LogP contribution >= 0.6 is 0 Å². The highest BCUT2D eigenvalue weighted by atomic mass is 16.7. The van der Waals surface area contributed by atoms with Crippen molar-refractivity contribution in [2.75, 3.05) is 0 Å². The van der Waals surface area contributed by atoms with Crippen LogP contribution in [0, 0.1) is 5.41 Å². The number of aromatic nitrogens is 1. The van der Waals surface area contributed by atoms with Crippen molar-refractivity contribution in [1.29, 1.82) is 0 Å². The molecule has 154 valence electrons. The molecule has 0 bridgehead atoms. The molecule has 0 radical (unpaired) electrons. The van der Waals surface area contributed by atoms with Gasteiger partial charge in [-0.1, -0.05) is 52.5 Å². The molecule has 1 fully saturated rings. The first-order valence-corrected chi connectivity index (χ1v) is 9.34. The normalized spacial score (nSPS) is 38.7. The number of fused-ring (bicyclic) bond motifs is 1. The molecule has 1 saturated heterocycles. The van der Waals surface area contributed by atoms with Gasteiger partial charge in [-0.25, -0.2) is 0 Å². The van der Waals surface area contributed by atoms with Gasteiger partial charge < -0.3 is 9.31 Å². The second-order valence-corrected chi connectivity index (χ2v) is 8.70. The van der Waals surface area contributed by atoms with Crippen LogP contribution in [0.25, 0.3) is 11.3 Å². The molecule has 0 amide bonds. The molecule has 1 aliphatic carbocycles. The van der Waals surface area contributed by atoms with E-state index in [9.17, 15) is 1.37 Å². The number of rotatable bonds is 2. The summed E-state index contributed by atoms with van der Waals surface area (Å²) in [5, 5.41) is 0. The van der Waals surface area contributed by atoms with Crippen molar-refractivity contribution in [3.8, 4) is 11.3 Å². The van der Waals surface area contributed by atoms with Crippen LogP contribution in [0.15, 0.2) is 36.5 Å². The Kier molecular flexibility index (Phi) is 1.88. The Bertz CT molecular complexity index is 1430. The number of nitrogens with zero attached hydrogens (tertiary/aromatic N) is 1. The van der Waals surface area contributed by atoms with Gasteiger partial charge in [0.05, 0.1) is 16.9 Å². The summed E-state index contributed by atoms with van der Waals surface area (Å²) < 4.78 is 147. The number of hydrogen-bond acceptors (Lipinski definition) is 3. The Morgan fingerprint density at radius 2 is 1.72 bits per heavy atom. The molecule has 2 aromatic rings. The molecule has 4 heteroatoms. The SMILES string of the molecule is [2H]C([2H])([2H])C1([2H])c2cc(-c3ccc(B4OC(C)(C)C(C)(C)O4)cn3)ccc2C(C([2H])([2H])[2H])(C([2H])([2H])[2H])C1(C([2H])([2H])[2H])C([2H])([2H])[2H]. The summed E-state index contributed by atoms with van der Waals surface area (Å²) in [4.78, 5) is 4.39. The highest BCUT2D eigenvalue weighted by Crippen LogP contribution is 2.58. The minimum atomic E-state index is -4.16. The lowest BCUT2D eigenvalue weighted by atomic mass is 9.65. The summed E-state index contributed by atoms with van der Waals surface area (Å²) in [7, 11) is -0.772. The number of hydrogen-bond donors (Lipinski definition) is 0. The maximum atomic E-state index is 9.39. The average molecular weight is 407 g/mol. The van der Waals surface area contributed by atoms with Crippen molar-refractivity contribution in [2.45, 2.75) is 84.5 Å². The van der Waals surface area contributed by atoms with E-state index in [1.165, 1.54) is 18.3 Å². The molecule has 29 heavy (non-hydrogen) atoms. The first-order valence-electron chi connectivity index (χ1n) is 17.3. The Labute approximate surface area is 198 Å². The van der Waals surface area contributed by atoms with Gasteiger partial charge in [0.25, 0.3) is 0 Å². The Hall–Kier alpha value is -1.65. The molecule has 2 aliphatic rings. The fourth-order valence-electron chi connectivity index (χ4n) is 3.52. The van der Waals surface area contributed by atoms with E-state index in [4.69, 9.17) is 29.9 Å². The zero-order valence-electron chi connectivity index (χ0n) is 32.8. The van der Waals surface area contributed by atoms with Gasteiger partial charge in [0.2, 0.25) is 0 Å². The minimum Gasteiger partial charge on any atom is -0.399 e. The molecule has 1 aromatic heterocycles. The monoisotopic (exact) mass is 407 g/mol. The molecule has 1 unspecified atom stereocenters. The van der Waals surface area contributed by atoms with E-state index >= 15 is 0 Å². The topological polar surface area (TPSA) is 31.4 Å². The van der Waals surface area contributed by atoms with Crippen LogP contribution < -0.4 is 5.46 Å². The summed E-state index contributed by atoms with van der Waals surface area (Å²) in [6.07, 6.45) is 1.42. The van der Waals surface area contributed by atoms with E-state index in [-0.39, 0.29) is 11.3 Å². The summed E-state index contributed by atoms with van der Waals surface area (Å²) >= 11 is 0. The summed E-state index contributed by atoms with van der Waals surface area (Å²) in [5.41, 5.74) is -10.2. The van der Waals surface area contributed by atoms with Crippen LogP contribution in [0.4, 0.5) is 0 Å². The lowest BCUT2D eigenvalue weighted by Gasteiger charge is -2.38. The second kappa shape index (κ2) is 6.18. The van der Waals surface area contributed by atoms with Gasteiger partial charge in [-0.15, -0.1) is 0 Å². The van der Waals surface area contributed by atoms with E-state index in [1.807, 2.05) is 27.7 Å². The maximum absolute atomic E-state index is 9.39. The third-order valence-corrected chi connectivity index (χ3v) is 6.24. The van der Waals surface area contributed by atoms with Crippen LogP contribution in [0.1, 0.15) is 101 Å². The van der Waals surface area contributed by atoms with Crippen LogP contribution in [-0.2, 0) is 14.7 Å². The van der Waals surface area contributed by atoms with Crippen LogP contribution in [0.2, 0.25) is 0 Å². The van der Waals surface area contributed by atoms with Crippen molar-refractivity contribution in [3.63, 3.8) is 0 Å². The largest absolute Gasteiger partial charge is 0.496 e. The fourth-order valence-corrected chi connectivity index (χ4v) is 3.52. The molecule has 4 rings (SSSR count). The van der Waals surface area contributed by atoms with Crippen molar-refractivity contribution < 1.29 is 31.2 Å². The molecule has 0 N–H and O–H groups in total. The molecule has 1 atom stereocenters. The standard InChI is InChI=1S/C25H34BNO2/c1-16-19-14-17(10-12-20(19)23(4,5)22(16,2)3)21-13-11-18(15-27-21)26-28-24(6,7)25(8,9)29-26/h10-16H,1-9H3/i1D3,2D3,3D3,4D3,5D3,16D. The molecular weight excluding hydrogens is 357 g/mol. The predicted molar refractivity (Wildman–Crippen MR) is 121 cm³/mol. The van der Waals surface area contributed by atoms with Gasteiger partial charge in [0, 0.05) is 39.2 Å². The van der Waals surface area contributed by atoms with Crippen LogP contribution in [0.5, 0.6) is 0 Å². The van der Waals surface area contributed by atoms with E-state index in [2.05, 4.69) is 4.98 Å². The predicted octanol–water partition coefficient (Wildman–Crippen LogP) is 5.47. The molecule has 2 heterocycles. The third-order valence-electron chi connectivity index (χ3n) is 6.24. The molecule has 0 saturated carbocycles. The van der Waals surface area contributed by atoms with Crippen molar-refractivity contribution in [2.24, 2.45) is 5.41 Å².